The molecule has 0 bridgehead atoms. The second-order valence-corrected chi connectivity index (χ2v) is 5.09. The van der Waals surface area contributed by atoms with Gasteiger partial charge in [0.1, 0.15) is 12.2 Å². The molecular weight excluding hydrogens is 315 g/mol. The fourth-order valence-electron chi connectivity index (χ4n) is 2.23. The molecule has 1 aliphatic heterocycles. The topological polar surface area (TPSA) is 64.8 Å². The molecule has 1 amide bonds. The van der Waals surface area contributed by atoms with Crippen LogP contribution in [0.1, 0.15) is 11.7 Å². The van der Waals surface area contributed by atoms with Crippen molar-refractivity contribution in [1.29, 1.82) is 0 Å². The molecule has 7 heteroatoms. The van der Waals surface area contributed by atoms with Crippen LogP contribution in [-0.2, 0) is 14.3 Å². The Labute approximate surface area is 135 Å². The van der Waals surface area contributed by atoms with Gasteiger partial charge in [0.2, 0.25) is 0 Å². The summed E-state index contributed by atoms with van der Waals surface area (Å²) in [6.07, 6.45) is -0.723. The van der Waals surface area contributed by atoms with E-state index < -0.39 is 6.10 Å². The molecule has 1 aromatic rings. The molecule has 1 aromatic carbocycles. The quantitative estimate of drug-likeness (QED) is 0.908. The van der Waals surface area contributed by atoms with Crippen molar-refractivity contribution in [1.82, 2.24) is 4.90 Å². The van der Waals surface area contributed by atoms with Gasteiger partial charge in [0.05, 0.1) is 13.2 Å². The number of hydrogen-bond donors (Lipinski definition) is 1. The predicted octanol–water partition coefficient (Wildman–Crippen LogP) is 1.64. The number of nitrogens with zero attached hydrogens (tertiary/aromatic N) is 1. The standard InChI is InChI=1S/C14H19ClN2O3.ClH/c1-19-12(8-16)14(18)17-6-7-20-13(9-17)10-2-4-11(15)5-3-10;/h2-5,12-13H,6-9,16H2,1H3;1H. The summed E-state index contributed by atoms with van der Waals surface area (Å²) in [5.41, 5.74) is 6.54. The van der Waals surface area contributed by atoms with Crippen molar-refractivity contribution >= 4 is 29.9 Å². The Balaban J connectivity index is 0.00000220. The van der Waals surface area contributed by atoms with Gasteiger partial charge in [-0.2, -0.15) is 0 Å². The Kier molecular flexibility index (Phi) is 7.42. The summed E-state index contributed by atoms with van der Waals surface area (Å²) < 4.78 is 10.8. The first kappa shape index (κ1) is 18.2. The highest BCUT2D eigenvalue weighted by molar-refractivity contribution is 6.30. The molecule has 1 heterocycles. The molecular formula is C14H20Cl2N2O3. The van der Waals surface area contributed by atoms with Gasteiger partial charge in [-0.25, -0.2) is 0 Å². The van der Waals surface area contributed by atoms with Gasteiger partial charge in [-0.15, -0.1) is 12.4 Å². The van der Waals surface area contributed by atoms with Crippen LogP contribution in [0, 0.1) is 0 Å². The summed E-state index contributed by atoms with van der Waals surface area (Å²) in [7, 11) is 1.49. The molecule has 0 aliphatic carbocycles. The zero-order valence-corrected chi connectivity index (χ0v) is 13.4. The lowest BCUT2D eigenvalue weighted by Gasteiger charge is -2.34. The van der Waals surface area contributed by atoms with E-state index in [0.29, 0.717) is 24.7 Å². The molecule has 0 saturated carbocycles. The van der Waals surface area contributed by atoms with Crippen LogP contribution < -0.4 is 5.73 Å². The first-order chi connectivity index (χ1) is 9.65. The number of amides is 1. The fraction of sp³-hybridized carbons (Fsp3) is 0.500. The number of carbonyl (C=O) groups is 1. The molecule has 21 heavy (non-hydrogen) atoms. The van der Waals surface area contributed by atoms with Gasteiger partial charge in [0.15, 0.2) is 0 Å². The summed E-state index contributed by atoms with van der Waals surface area (Å²) >= 11 is 5.87. The van der Waals surface area contributed by atoms with Crippen molar-refractivity contribution < 1.29 is 14.3 Å². The third kappa shape index (κ3) is 4.56. The van der Waals surface area contributed by atoms with Crippen LogP contribution in [0.5, 0.6) is 0 Å². The van der Waals surface area contributed by atoms with E-state index in [9.17, 15) is 4.79 Å². The van der Waals surface area contributed by atoms with Gasteiger partial charge in [0, 0.05) is 25.2 Å². The number of benzene rings is 1. The first-order valence-electron chi connectivity index (χ1n) is 6.54. The van der Waals surface area contributed by atoms with Crippen LogP contribution in [0.2, 0.25) is 5.02 Å². The number of nitrogens with two attached hydrogens (primary N) is 1. The zero-order valence-electron chi connectivity index (χ0n) is 11.8. The Morgan fingerprint density at radius 3 is 2.76 bits per heavy atom. The van der Waals surface area contributed by atoms with Crippen molar-refractivity contribution in [2.75, 3.05) is 33.4 Å². The lowest BCUT2D eigenvalue weighted by atomic mass is 10.1. The number of halogens is 2. The van der Waals surface area contributed by atoms with E-state index in [0.717, 1.165) is 5.56 Å². The molecule has 2 unspecified atom stereocenters. The number of ether oxygens (including phenoxy) is 2. The van der Waals surface area contributed by atoms with E-state index in [1.165, 1.54) is 7.11 Å². The highest BCUT2D eigenvalue weighted by atomic mass is 35.5. The molecule has 0 spiro atoms. The SMILES string of the molecule is COC(CN)C(=O)N1CCOC(c2ccc(Cl)cc2)C1.Cl. The highest BCUT2D eigenvalue weighted by Crippen LogP contribution is 2.24. The number of hydrogen-bond acceptors (Lipinski definition) is 4. The molecule has 2 N–H and O–H groups in total. The smallest absolute Gasteiger partial charge is 0.253 e. The Morgan fingerprint density at radius 1 is 1.52 bits per heavy atom. The van der Waals surface area contributed by atoms with Gasteiger partial charge in [0.25, 0.3) is 5.91 Å². The van der Waals surface area contributed by atoms with Crippen molar-refractivity contribution in [3.05, 3.63) is 34.9 Å². The average molecular weight is 335 g/mol. The number of methoxy groups -OCH3 is 1. The molecule has 1 saturated heterocycles. The predicted molar refractivity (Wildman–Crippen MR) is 83.8 cm³/mol. The molecule has 0 aromatic heterocycles. The van der Waals surface area contributed by atoms with Crippen molar-refractivity contribution in [3.8, 4) is 0 Å². The van der Waals surface area contributed by atoms with Gasteiger partial charge < -0.3 is 20.1 Å². The Morgan fingerprint density at radius 2 is 2.19 bits per heavy atom. The maximum atomic E-state index is 12.2. The zero-order chi connectivity index (χ0) is 14.5. The lowest BCUT2D eigenvalue weighted by Crippen LogP contribution is -2.49. The van der Waals surface area contributed by atoms with Gasteiger partial charge in [-0.1, -0.05) is 23.7 Å². The van der Waals surface area contributed by atoms with Gasteiger partial charge in [-0.3, -0.25) is 4.79 Å². The number of carbonyl (C=O) groups excluding carboxylic acids is 1. The minimum Gasteiger partial charge on any atom is -0.370 e. The molecule has 1 fully saturated rings. The Bertz CT molecular complexity index is 452. The molecule has 2 rings (SSSR count). The number of morpholine rings is 1. The Hall–Kier alpha value is -0.850. The fourth-order valence-corrected chi connectivity index (χ4v) is 2.36. The summed E-state index contributed by atoms with van der Waals surface area (Å²) in [5, 5.41) is 0.681. The van der Waals surface area contributed by atoms with E-state index in [-0.39, 0.29) is 31.0 Å². The summed E-state index contributed by atoms with van der Waals surface area (Å²) in [5.74, 6) is -0.0859. The van der Waals surface area contributed by atoms with Crippen LogP contribution in [-0.4, -0.2) is 50.3 Å². The van der Waals surface area contributed by atoms with Crippen molar-refractivity contribution in [2.24, 2.45) is 5.73 Å². The van der Waals surface area contributed by atoms with E-state index >= 15 is 0 Å². The van der Waals surface area contributed by atoms with E-state index in [1.54, 1.807) is 4.90 Å². The van der Waals surface area contributed by atoms with E-state index in [4.69, 9.17) is 26.8 Å². The third-order valence-electron chi connectivity index (χ3n) is 3.39. The maximum Gasteiger partial charge on any atom is 0.253 e. The summed E-state index contributed by atoms with van der Waals surface area (Å²) in [6, 6.07) is 7.47. The summed E-state index contributed by atoms with van der Waals surface area (Å²) in [4.78, 5) is 14.0. The minimum absolute atomic E-state index is 0. The largest absolute Gasteiger partial charge is 0.370 e. The van der Waals surface area contributed by atoms with E-state index in [1.807, 2.05) is 24.3 Å². The molecule has 5 nitrogen and oxygen atoms in total. The lowest BCUT2D eigenvalue weighted by molar-refractivity contribution is -0.149. The van der Waals surface area contributed by atoms with Crippen molar-refractivity contribution in [2.45, 2.75) is 12.2 Å². The number of rotatable bonds is 4. The van der Waals surface area contributed by atoms with Gasteiger partial charge >= 0.3 is 0 Å². The minimum atomic E-state index is -0.584. The summed E-state index contributed by atoms with van der Waals surface area (Å²) in [6.45, 7) is 1.74. The molecule has 0 radical (unpaired) electrons. The van der Waals surface area contributed by atoms with Crippen LogP contribution in [0.15, 0.2) is 24.3 Å². The van der Waals surface area contributed by atoms with Crippen LogP contribution >= 0.6 is 24.0 Å². The van der Waals surface area contributed by atoms with Crippen LogP contribution in [0.4, 0.5) is 0 Å². The van der Waals surface area contributed by atoms with Crippen LogP contribution in [0.3, 0.4) is 0 Å². The second-order valence-electron chi connectivity index (χ2n) is 4.66. The maximum absolute atomic E-state index is 12.2. The highest BCUT2D eigenvalue weighted by Gasteiger charge is 2.29. The monoisotopic (exact) mass is 334 g/mol. The molecule has 118 valence electrons. The molecule has 1 aliphatic rings. The third-order valence-corrected chi connectivity index (χ3v) is 3.65. The molecule has 2 atom stereocenters. The van der Waals surface area contributed by atoms with Crippen LogP contribution in [0.25, 0.3) is 0 Å². The second kappa shape index (κ2) is 8.56. The van der Waals surface area contributed by atoms with E-state index in [2.05, 4.69) is 0 Å². The first-order valence-corrected chi connectivity index (χ1v) is 6.92. The normalized spacial score (nSPS) is 19.8. The average Bonchev–Trinajstić information content (AvgIpc) is 2.49. The van der Waals surface area contributed by atoms with Gasteiger partial charge in [-0.05, 0) is 17.7 Å². The van der Waals surface area contributed by atoms with Crippen molar-refractivity contribution in [3.63, 3.8) is 0 Å².